The van der Waals surface area contributed by atoms with E-state index in [1.165, 1.54) is 0 Å². The van der Waals surface area contributed by atoms with Gasteiger partial charge in [-0.2, -0.15) is 0 Å². The molecule has 154 valence electrons. The number of hydrogen-bond acceptors (Lipinski definition) is 5. The molecular weight excluding hydrogens is 370 g/mol. The van der Waals surface area contributed by atoms with Gasteiger partial charge in [0.2, 0.25) is 11.8 Å². The molecule has 0 aromatic carbocycles. The lowest BCUT2D eigenvalue weighted by Crippen LogP contribution is -2.51. The first-order chi connectivity index (χ1) is 13.8. The number of pyridine rings is 1. The van der Waals surface area contributed by atoms with E-state index >= 15 is 0 Å². The molecule has 5 rings (SSSR count). The predicted octanol–water partition coefficient (Wildman–Crippen LogP) is 1.08. The average Bonchev–Trinajstić information content (AvgIpc) is 3.37. The van der Waals surface area contributed by atoms with Gasteiger partial charge >= 0.3 is 0 Å². The number of carbonyl (C=O) groups is 2. The topological polar surface area (TPSA) is 83.0 Å². The summed E-state index contributed by atoms with van der Waals surface area (Å²) in [6.45, 7) is 5.39. The number of ether oxygens (including phenoxy) is 1. The van der Waals surface area contributed by atoms with Crippen molar-refractivity contribution < 1.29 is 19.4 Å². The van der Waals surface area contributed by atoms with Crippen LogP contribution in [0.15, 0.2) is 36.5 Å². The Morgan fingerprint density at radius 3 is 2.72 bits per heavy atom. The van der Waals surface area contributed by atoms with Crippen LogP contribution in [0.3, 0.4) is 0 Å². The fraction of sp³-hybridized carbons (Fsp3) is 0.591. The van der Waals surface area contributed by atoms with Crippen LogP contribution in [-0.4, -0.2) is 69.1 Å². The number of hydrogen-bond donors (Lipinski definition) is 1. The van der Waals surface area contributed by atoms with Crippen LogP contribution in [0, 0.1) is 11.8 Å². The van der Waals surface area contributed by atoms with Crippen LogP contribution in [0.5, 0.6) is 0 Å². The highest BCUT2D eigenvalue weighted by atomic mass is 16.5. The maximum absolute atomic E-state index is 13.4. The van der Waals surface area contributed by atoms with Gasteiger partial charge in [0, 0.05) is 25.3 Å². The van der Waals surface area contributed by atoms with Gasteiger partial charge in [-0.3, -0.25) is 14.6 Å². The number of amides is 2. The van der Waals surface area contributed by atoms with E-state index in [9.17, 15) is 14.7 Å². The summed E-state index contributed by atoms with van der Waals surface area (Å²) in [5.74, 6) is -0.929. The van der Waals surface area contributed by atoms with Crippen LogP contribution < -0.4 is 0 Å². The summed E-state index contributed by atoms with van der Waals surface area (Å²) < 4.78 is 6.19. The summed E-state index contributed by atoms with van der Waals surface area (Å²) in [5, 5.41) is 11.0. The van der Waals surface area contributed by atoms with E-state index in [2.05, 4.69) is 4.98 Å². The summed E-state index contributed by atoms with van der Waals surface area (Å²) in [5.41, 5.74) is -1.02. The Labute approximate surface area is 170 Å². The van der Waals surface area contributed by atoms with E-state index in [4.69, 9.17) is 4.74 Å². The molecule has 4 aliphatic heterocycles. The first kappa shape index (κ1) is 18.8. The van der Waals surface area contributed by atoms with Crippen LogP contribution in [0.2, 0.25) is 0 Å². The molecular formula is C22H27N3O4. The third kappa shape index (κ3) is 2.67. The second-order valence-electron chi connectivity index (χ2n) is 9.03. The average molecular weight is 397 g/mol. The standard InChI is InChI=1S/C22H27N3O4/c1-14(2)25-13-22-7-6-15(29-22)17(18(22)20(25)27)19(26)24-11-8-21(28,9-12-24)16-5-3-4-10-23-16/h3-7,10,14-15,17-18,28H,8-9,11-13H2,1-2H3/t15-,17+,18-,22+/m1/s1. The van der Waals surface area contributed by atoms with Crippen molar-refractivity contribution >= 4 is 11.8 Å². The highest BCUT2D eigenvalue weighted by Gasteiger charge is 2.67. The summed E-state index contributed by atoms with van der Waals surface area (Å²) in [6.07, 6.45) is 6.15. The Bertz CT molecular complexity index is 862. The van der Waals surface area contributed by atoms with Gasteiger partial charge in [0.15, 0.2) is 0 Å². The molecule has 3 fully saturated rings. The zero-order valence-electron chi connectivity index (χ0n) is 16.8. The van der Waals surface area contributed by atoms with Gasteiger partial charge in [-0.25, -0.2) is 0 Å². The molecule has 4 aliphatic rings. The minimum Gasteiger partial charge on any atom is -0.383 e. The van der Waals surface area contributed by atoms with Crippen molar-refractivity contribution in [3.8, 4) is 0 Å². The zero-order chi connectivity index (χ0) is 20.4. The summed E-state index contributed by atoms with van der Waals surface area (Å²) in [4.78, 5) is 34.4. The molecule has 7 heteroatoms. The number of nitrogens with zero attached hydrogens (tertiary/aromatic N) is 3. The van der Waals surface area contributed by atoms with Crippen molar-refractivity contribution in [1.29, 1.82) is 0 Å². The Hall–Kier alpha value is -2.25. The number of likely N-dealkylation sites (tertiary alicyclic amines) is 2. The van der Waals surface area contributed by atoms with E-state index in [-0.39, 0.29) is 24.0 Å². The van der Waals surface area contributed by atoms with E-state index < -0.39 is 23.0 Å². The monoisotopic (exact) mass is 397 g/mol. The van der Waals surface area contributed by atoms with Crippen molar-refractivity contribution in [2.75, 3.05) is 19.6 Å². The molecule has 1 aromatic rings. The lowest BCUT2D eigenvalue weighted by Gasteiger charge is -2.39. The second-order valence-corrected chi connectivity index (χ2v) is 9.03. The molecule has 7 nitrogen and oxygen atoms in total. The molecule has 29 heavy (non-hydrogen) atoms. The van der Waals surface area contributed by atoms with Crippen molar-refractivity contribution in [1.82, 2.24) is 14.8 Å². The Morgan fingerprint density at radius 2 is 2.07 bits per heavy atom. The number of rotatable bonds is 3. The first-order valence-corrected chi connectivity index (χ1v) is 10.4. The van der Waals surface area contributed by atoms with Crippen LogP contribution in [0.25, 0.3) is 0 Å². The van der Waals surface area contributed by atoms with Crippen LogP contribution in [-0.2, 0) is 19.9 Å². The van der Waals surface area contributed by atoms with Gasteiger partial charge in [-0.15, -0.1) is 0 Å². The summed E-state index contributed by atoms with van der Waals surface area (Å²) in [7, 11) is 0. The molecule has 3 saturated heterocycles. The number of piperidine rings is 1. The van der Waals surface area contributed by atoms with Gasteiger partial charge in [-0.1, -0.05) is 18.2 Å². The molecule has 0 aliphatic carbocycles. The minimum atomic E-state index is -1.01. The minimum absolute atomic E-state index is 0.0206. The quantitative estimate of drug-likeness (QED) is 0.772. The van der Waals surface area contributed by atoms with Gasteiger partial charge in [0.25, 0.3) is 0 Å². The highest BCUT2D eigenvalue weighted by Crippen LogP contribution is 2.53. The second kappa shape index (κ2) is 6.37. The molecule has 4 atom stereocenters. The van der Waals surface area contributed by atoms with Gasteiger partial charge < -0.3 is 19.6 Å². The number of aromatic nitrogens is 1. The van der Waals surface area contributed by atoms with E-state index in [0.717, 1.165) is 0 Å². The Kier molecular flexibility index (Phi) is 4.12. The van der Waals surface area contributed by atoms with E-state index in [0.29, 0.717) is 38.2 Å². The van der Waals surface area contributed by atoms with Crippen molar-refractivity contribution in [2.24, 2.45) is 11.8 Å². The molecule has 0 radical (unpaired) electrons. The summed E-state index contributed by atoms with van der Waals surface area (Å²) >= 11 is 0. The van der Waals surface area contributed by atoms with Gasteiger partial charge in [0.05, 0.1) is 30.2 Å². The molecule has 0 saturated carbocycles. The Morgan fingerprint density at radius 1 is 1.31 bits per heavy atom. The predicted molar refractivity (Wildman–Crippen MR) is 105 cm³/mol. The number of fused-ring (bicyclic) bond motifs is 1. The smallest absolute Gasteiger partial charge is 0.230 e. The van der Waals surface area contributed by atoms with Crippen molar-refractivity contribution in [3.05, 3.63) is 42.2 Å². The number of aliphatic hydroxyl groups is 1. The third-order valence-corrected chi connectivity index (χ3v) is 7.08. The lowest BCUT2D eigenvalue weighted by atomic mass is 9.76. The molecule has 2 amide bonds. The van der Waals surface area contributed by atoms with Gasteiger partial charge in [-0.05, 0) is 38.8 Å². The molecule has 1 N–H and O–H groups in total. The van der Waals surface area contributed by atoms with Crippen LogP contribution in [0.1, 0.15) is 32.4 Å². The van der Waals surface area contributed by atoms with E-state index in [1.807, 2.05) is 49.1 Å². The maximum atomic E-state index is 13.4. The summed E-state index contributed by atoms with van der Waals surface area (Å²) in [6, 6.07) is 5.59. The number of carbonyl (C=O) groups excluding carboxylic acids is 2. The fourth-order valence-corrected chi connectivity index (χ4v) is 5.45. The van der Waals surface area contributed by atoms with Gasteiger partial charge in [0.1, 0.15) is 11.2 Å². The fourth-order valence-electron chi connectivity index (χ4n) is 5.45. The highest BCUT2D eigenvalue weighted by molar-refractivity contribution is 5.93. The molecule has 5 heterocycles. The molecule has 1 aromatic heterocycles. The lowest BCUT2D eigenvalue weighted by molar-refractivity contribution is -0.147. The third-order valence-electron chi connectivity index (χ3n) is 7.08. The maximum Gasteiger partial charge on any atom is 0.230 e. The largest absolute Gasteiger partial charge is 0.383 e. The van der Waals surface area contributed by atoms with Crippen LogP contribution in [0.4, 0.5) is 0 Å². The zero-order valence-corrected chi connectivity index (χ0v) is 16.8. The normalized spacial score (nSPS) is 34.9. The Balaban J connectivity index is 1.33. The molecule has 0 unspecified atom stereocenters. The van der Waals surface area contributed by atoms with Crippen molar-refractivity contribution in [3.63, 3.8) is 0 Å². The van der Waals surface area contributed by atoms with E-state index in [1.54, 1.807) is 11.1 Å². The first-order valence-electron chi connectivity index (χ1n) is 10.4. The van der Waals surface area contributed by atoms with Crippen LogP contribution >= 0.6 is 0 Å². The molecule has 2 bridgehead atoms. The molecule has 1 spiro atoms. The van der Waals surface area contributed by atoms with Crippen molar-refractivity contribution in [2.45, 2.75) is 50.0 Å². The SMILES string of the molecule is CC(C)N1C[C@]23C=C[C@@H](O2)[C@H](C(=O)N2CCC(O)(c4ccccn4)CC2)[C@@H]3C1=O.